The quantitative estimate of drug-likeness (QED) is 0.0602. The van der Waals surface area contributed by atoms with Crippen molar-refractivity contribution in [3.8, 4) is 33.8 Å². The number of carbonyl (C=O) groups is 2. The van der Waals surface area contributed by atoms with E-state index >= 15 is 0 Å². The molecule has 4 heterocycles. The van der Waals surface area contributed by atoms with Crippen molar-refractivity contribution in [2.75, 3.05) is 37.8 Å². The van der Waals surface area contributed by atoms with Gasteiger partial charge in [0.2, 0.25) is 0 Å². The van der Waals surface area contributed by atoms with Crippen LogP contribution in [0.25, 0.3) is 44.2 Å². The Morgan fingerprint density at radius 1 is 0.634 bits per heavy atom. The van der Waals surface area contributed by atoms with Gasteiger partial charge in [-0.3, -0.25) is 14.9 Å². The van der Waals surface area contributed by atoms with Gasteiger partial charge in [-0.2, -0.15) is 0 Å². The van der Waals surface area contributed by atoms with Crippen molar-refractivity contribution < 1.29 is 47.6 Å². The Labute approximate surface area is 411 Å². The molecule has 364 valence electrons. The lowest BCUT2D eigenvalue weighted by Crippen LogP contribution is -2.49. The van der Waals surface area contributed by atoms with E-state index in [1.54, 1.807) is 36.8 Å². The molecule has 13 heteroatoms. The number of fused-ring (bicyclic) bond motifs is 2. The first-order valence-corrected chi connectivity index (χ1v) is 24.2. The number of para-hydroxylation sites is 2. The van der Waals surface area contributed by atoms with E-state index in [0.717, 1.165) is 110 Å². The molecule has 1 unspecified atom stereocenters. The Bertz CT molecular complexity index is 3170. The van der Waals surface area contributed by atoms with Crippen LogP contribution in [0.15, 0.2) is 143 Å². The molecule has 0 spiro atoms. The summed E-state index contributed by atoms with van der Waals surface area (Å²) in [5.41, 5.74) is 19.0. The van der Waals surface area contributed by atoms with Crippen LogP contribution in [0.5, 0.6) is 11.5 Å². The summed E-state index contributed by atoms with van der Waals surface area (Å²) in [6.45, 7) is 4.63. The average Bonchev–Trinajstić information content (AvgIpc) is 4.01. The van der Waals surface area contributed by atoms with Crippen LogP contribution in [0.3, 0.4) is 0 Å². The summed E-state index contributed by atoms with van der Waals surface area (Å²) in [6.07, 6.45) is 5.80. The molecular formula is C58H57N3O10. The van der Waals surface area contributed by atoms with Gasteiger partial charge in [-0.15, -0.1) is 0 Å². The minimum atomic E-state index is -0.923. The number of hydrogen-bond donors (Lipinski definition) is 4. The van der Waals surface area contributed by atoms with Crippen molar-refractivity contribution in [1.29, 1.82) is 0 Å². The number of hydrogen-bond acceptors (Lipinski definition) is 11. The van der Waals surface area contributed by atoms with Crippen molar-refractivity contribution in [2.24, 2.45) is 11.7 Å². The maximum atomic E-state index is 11.6. The van der Waals surface area contributed by atoms with Gasteiger partial charge >= 0.3 is 11.9 Å². The highest BCUT2D eigenvalue weighted by molar-refractivity contribution is 5.96. The fourth-order valence-electron chi connectivity index (χ4n) is 9.81. The van der Waals surface area contributed by atoms with Crippen LogP contribution >= 0.6 is 0 Å². The molecule has 0 saturated carbocycles. The Morgan fingerprint density at radius 3 is 1.87 bits per heavy atom. The number of ether oxygens (including phenoxy) is 4. The van der Waals surface area contributed by atoms with Crippen LogP contribution in [0.4, 0.5) is 5.69 Å². The smallest absolute Gasteiger partial charge is 0.307 e. The normalized spacial score (nSPS) is 15.3. The number of rotatable bonds is 19. The topological polar surface area (TPSA) is 179 Å². The zero-order valence-electron chi connectivity index (χ0n) is 39.4. The molecule has 1 atom stereocenters. The first-order chi connectivity index (χ1) is 34.7. The second-order valence-electron chi connectivity index (χ2n) is 18.4. The molecule has 2 aliphatic rings. The minimum Gasteiger partial charge on any atom is -0.488 e. The van der Waals surface area contributed by atoms with E-state index in [1.807, 2.05) is 36.4 Å². The highest BCUT2D eigenvalue weighted by Crippen LogP contribution is 2.39. The number of nitrogens with zero attached hydrogens (tertiary/aromatic N) is 1. The van der Waals surface area contributed by atoms with Gasteiger partial charge in [0, 0.05) is 65.9 Å². The molecule has 8 aromatic rings. The van der Waals surface area contributed by atoms with Crippen molar-refractivity contribution in [3.05, 3.63) is 173 Å². The predicted octanol–water partition coefficient (Wildman–Crippen LogP) is 10.3. The minimum absolute atomic E-state index is 0.125. The largest absolute Gasteiger partial charge is 0.488 e. The van der Waals surface area contributed by atoms with Crippen molar-refractivity contribution in [1.82, 2.24) is 5.32 Å². The Morgan fingerprint density at radius 2 is 1.23 bits per heavy atom. The molecule has 6 aromatic carbocycles. The van der Waals surface area contributed by atoms with E-state index in [2.05, 4.69) is 70.9 Å². The molecule has 2 aliphatic heterocycles. The van der Waals surface area contributed by atoms with E-state index < -0.39 is 11.9 Å². The molecule has 0 radical (unpaired) electrons. The molecule has 0 bridgehead atoms. The van der Waals surface area contributed by atoms with Gasteiger partial charge < -0.3 is 48.6 Å². The fraction of sp³-hybridized carbons (Fsp3) is 0.276. The zero-order valence-corrected chi connectivity index (χ0v) is 39.4. The maximum Gasteiger partial charge on any atom is 0.307 e. The SMILES string of the molecule is NCc1cccc(-c2cc(N3CCOC(NCc4cccc(-c5cc(CC6CCOCC6)c6occ(COc7ccccc7CC(=O)O)c6c5)c4)C3)c3occ(COc4ccccc4CC(=O)O)c3c2)c1. The fourth-order valence-corrected chi connectivity index (χ4v) is 9.81. The van der Waals surface area contributed by atoms with Crippen LogP contribution in [0, 0.1) is 5.92 Å². The molecule has 2 fully saturated rings. The maximum absolute atomic E-state index is 11.6. The van der Waals surface area contributed by atoms with E-state index in [1.165, 1.54) is 0 Å². The first kappa shape index (κ1) is 47.3. The summed E-state index contributed by atoms with van der Waals surface area (Å²) in [7, 11) is 0. The molecule has 5 N–H and O–H groups in total. The lowest BCUT2D eigenvalue weighted by atomic mass is 9.89. The molecule has 10 rings (SSSR count). The number of furan rings is 2. The van der Waals surface area contributed by atoms with Crippen LogP contribution in [0.2, 0.25) is 0 Å². The number of nitrogens with two attached hydrogens (primary N) is 1. The lowest BCUT2D eigenvalue weighted by Gasteiger charge is -2.35. The van der Waals surface area contributed by atoms with Crippen LogP contribution in [-0.4, -0.2) is 61.3 Å². The van der Waals surface area contributed by atoms with Crippen molar-refractivity contribution in [2.45, 2.75) is 64.6 Å². The Kier molecular flexibility index (Phi) is 14.4. The summed E-state index contributed by atoms with van der Waals surface area (Å²) >= 11 is 0. The number of aliphatic carboxylic acids is 2. The standard InChI is InChI=1S/C58H57N3O10/c59-30-38-7-5-11-40(22-38)45-26-50-48(34-69-53-14-4-2-10-43(53)29-56(64)65)36-71-58(50)51(27-45)61-17-20-67-54(32-61)60-31-39-8-6-12-41(23-39)44-24-46(21-37-15-18-66-19-16-37)57-49(25-44)47(35-70-57)33-68-52-13-3-1-9-42(52)28-55(62)63/h1-14,22-27,35-37,54,60H,15-21,28-34,59H2,(H,62,63)(H,64,65). The van der Waals surface area contributed by atoms with Gasteiger partial charge in [0.1, 0.15) is 36.5 Å². The molecule has 0 amide bonds. The van der Waals surface area contributed by atoms with Gasteiger partial charge in [0.25, 0.3) is 0 Å². The summed E-state index contributed by atoms with van der Waals surface area (Å²) in [5.74, 6) is -0.298. The lowest BCUT2D eigenvalue weighted by molar-refractivity contribution is -0.137. The number of carboxylic acid groups (broad SMARTS) is 2. The van der Waals surface area contributed by atoms with E-state index in [-0.39, 0.29) is 32.3 Å². The predicted molar refractivity (Wildman–Crippen MR) is 271 cm³/mol. The van der Waals surface area contributed by atoms with Crippen molar-refractivity contribution >= 4 is 39.6 Å². The summed E-state index contributed by atoms with van der Waals surface area (Å²) in [5, 5.41) is 24.6. The number of nitrogens with one attached hydrogen (secondary N) is 1. The third-order valence-electron chi connectivity index (χ3n) is 13.5. The third-order valence-corrected chi connectivity index (χ3v) is 13.5. The summed E-state index contributed by atoms with van der Waals surface area (Å²) in [6, 6.07) is 40.0. The molecular weight excluding hydrogens is 899 g/mol. The van der Waals surface area contributed by atoms with Gasteiger partial charge in [0.15, 0.2) is 5.58 Å². The van der Waals surface area contributed by atoms with Crippen molar-refractivity contribution in [3.63, 3.8) is 0 Å². The third kappa shape index (κ3) is 11.1. The van der Waals surface area contributed by atoms with Crippen LogP contribution in [0.1, 0.15) is 51.8 Å². The van der Waals surface area contributed by atoms with Gasteiger partial charge in [-0.25, -0.2) is 0 Å². The number of morpholine rings is 1. The van der Waals surface area contributed by atoms with E-state index in [0.29, 0.717) is 61.3 Å². The van der Waals surface area contributed by atoms with E-state index in [4.69, 9.17) is 33.5 Å². The number of carboxylic acids is 2. The Hall–Kier alpha value is -7.42. The highest BCUT2D eigenvalue weighted by atomic mass is 16.5. The molecule has 0 aliphatic carbocycles. The first-order valence-electron chi connectivity index (χ1n) is 24.2. The monoisotopic (exact) mass is 955 g/mol. The van der Waals surface area contributed by atoms with Crippen LogP contribution in [-0.2, 0) is 64.6 Å². The Balaban J connectivity index is 0.890. The summed E-state index contributed by atoms with van der Waals surface area (Å²) < 4.78 is 37.3. The second-order valence-corrected chi connectivity index (χ2v) is 18.4. The second kappa shape index (κ2) is 21.7. The van der Waals surface area contributed by atoms with E-state index in [9.17, 15) is 19.8 Å². The van der Waals surface area contributed by atoms with Gasteiger partial charge in [-0.1, -0.05) is 72.8 Å². The highest BCUT2D eigenvalue weighted by Gasteiger charge is 2.26. The summed E-state index contributed by atoms with van der Waals surface area (Å²) in [4.78, 5) is 25.5. The molecule has 13 nitrogen and oxygen atoms in total. The number of benzene rings is 6. The zero-order chi connectivity index (χ0) is 48.7. The molecule has 71 heavy (non-hydrogen) atoms. The average molecular weight is 956 g/mol. The van der Waals surface area contributed by atoms with Crippen LogP contribution < -0.4 is 25.4 Å². The van der Waals surface area contributed by atoms with Gasteiger partial charge in [-0.05, 0) is 113 Å². The molecule has 2 aromatic heterocycles. The molecule has 2 saturated heterocycles. The van der Waals surface area contributed by atoms with Gasteiger partial charge in [0.05, 0.1) is 44.2 Å². The number of anilines is 1.